The van der Waals surface area contributed by atoms with Crippen LogP contribution in [0.1, 0.15) is 55.4 Å². The average Bonchev–Trinajstić information content (AvgIpc) is 2.64. The first-order valence-corrected chi connectivity index (χ1v) is 7.04. The lowest BCUT2D eigenvalue weighted by molar-refractivity contribution is 0.0591. The number of aliphatic hydroxyl groups is 1. The first-order valence-electron chi connectivity index (χ1n) is 6.22. The lowest BCUT2D eigenvalue weighted by atomic mass is 9.71. The summed E-state index contributed by atoms with van der Waals surface area (Å²) in [5.74, 6) is 0.478. The maximum atomic E-state index is 10.3. The standard InChI is InChI=1S/C14H22OS/c1-10-4-5-12(16-10)13(15)11-6-8-14(2,3)9-7-11/h4-5,11,13,15H,6-9H2,1-3H3. The molecule has 1 aliphatic rings. The molecule has 90 valence electrons. The van der Waals surface area contributed by atoms with Gasteiger partial charge in [0, 0.05) is 9.75 Å². The zero-order valence-electron chi connectivity index (χ0n) is 10.5. The van der Waals surface area contributed by atoms with Gasteiger partial charge in [-0.3, -0.25) is 0 Å². The SMILES string of the molecule is Cc1ccc(C(O)C2CCC(C)(C)CC2)s1. The Morgan fingerprint density at radius 3 is 2.44 bits per heavy atom. The van der Waals surface area contributed by atoms with Crippen LogP contribution in [0.3, 0.4) is 0 Å². The monoisotopic (exact) mass is 238 g/mol. The number of hydrogen-bond acceptors (Lipinski definition) is 2. The summed E-state index contributed by atoms with van der Waals surface area (Å²) in [6.45, 7) is 6.78. The van der Waals surface area contributed by atoms with Crippen molar-refractivity contribution in [2.75, 3.05) is 0 Å². The molecule has 1 nitrogen and oxygen atoms in total. The van der Waals surface area contributed by atoms with Crippen molar-refractivity contribution in [1.29, 1.82) is 0 Å². The van der Waals surface area contributed by atoms with Crippen LogP contribution in [0.25, 0.3) is 0 Å². The summed E-state index contributed by atoms with van der Waals surface area (Å²) >= 11 is 1.74. The quantitative estimate of drug-likeness (QED) is 0.814. The molecule has 16 heavy (non-hydrogen) atoms. The van der Waals surface area contributed by atoms with Crippen LogP contribution in [-0.2, 0) is 0 Å². The van der Waals surface area contributed by atoms with E-state index >= 15 is 0 Å². The van der Waals surface area contributed by atoms with Crippen molar-refractivity contribution in [2.45, 2.75) is 52.6 Å². The number of aliphatic hydroxyl groups excluding tert-OH is 1. The summed E-state index contributed by atoms with van der Waals surface area (Å²) in [6, 6.07) is 4.19. The third-order valence-corrected chi connectivity index (χ3v) is 4.95. The molecule has 0 aromatic carbocycles. The van der Waals surface area contributed by atoms with Crippen molar-refractivity contribution in [3.63, 3.8) is 0 Å². The van der Waals surface area contributed by atoms with Crippen LogP contribution >= 0.6 is 11.3 Å². The molecule has 1 aliphatic carbocycles. The van der Waals surface area contributed by atoms with Crippen LogP contribution in [0.2, 0.25) is 0 Å². The first-order chi connectivity index (χ1) is 7.48. The molecular weight excluding hydrogens is 216 g/mol. The summed E-state index contributed by atoms with van der Waals surface area (Å²) < 4.78 is 0. The molecule has 0 aliphatic heterocycles. The van der Waals surface area contributed by atoms with E-state index in [0.717, 1.165) is 4.88 Å². The molecule has 1 aromatic heterocycles. The highest BCUT2D eigenvalue weighted by atomic mass is 32.1. The van der Waals surface area contributed by atoms with Crippen LogP contribution in [0, 0.1) is 18.3 Å². The third kappa shape index (κ3) is 2.67. The molecule has 2 rings (SSSR count). The predicted octanol–water partition coefficient (Wildman–Crippen LogP) is 4.31. The normalized spacial score (nSPS) is 23.2. The Morgan fingerprint density at radius 1 is 1.31 bits per heavy atom. The van der Waals surface area contributed by atoms with Gasteiger partial charge in [0.25, 0.3) is 0 Å². The molecule has 1 atom stereocenters. The van der Waals surface area contributed by atoms with Crippen LogP contribution in [0.4, 0.5) is 0 Å². The first kappa shape index (κ1) is 12.1. The summed E-state index contributed by atoms with van der Waals surface area (Å²) in [5, 5.41) is 10.3. The minimum absolute atomic E-state index is 0.227. The van der Waals surface area contributed by atoms with Gasteiger partial charge in [0.2, 0.25) is 0 Å². The summed E-state index contributed by atoms with van der Waals surface area (Å²) in [6.07, 6.45) is 4.61. The van der Waals surface area contributed by atoms with E-state index in [1.165, 1.54) is 30.6 Å². The van der Waals surface area contributed by atoms with Gasteiger partial charge in [-0.05, 0) is 56.1 Å². The molecule has 0 saturated heterocycles. The van der Waals surface area contributed by atoms with E-state index in [2.05, 4.69) is 32.9 Å². The molecule has 1 unspecified atom stereocenters. The Kier molecular flexibility index (Phi) is 3.41. The van der Waals surface area contributed by atoms with Crippen molar-refractivity contribution in [2.24, 2.45) is 11.3 Å². The summed E-state index contributed by atoms with van der Waals surface area (Å²) in [7, 11) is 0. The van der Waals surface area contributed by atoms with E-state index in [1.807, 2.05) is 0 Å². The number of hydrogen-bond donors (Lipinski definition) is 1. The van der Waals surface area contributed by atoms with E-state index in [9.17, 15) is 5.11 Å². The number of aryl methyl sites for hydroxylation is 1. The Balaban J connectivity index is 1.99. The molecule has 0 radical (unpaired) electrons. The minimum Gasteiger partial charge on any atom is -0.387 e. The van der Waals surface area contributed by atoms with Crippen molar-refractivity contribution < 1.29 is 5.11 Å². The molecule has 1 N–H and O–H groups in total. The molecule has 1 heterocycles. The fraction of sp³-hybridized carbons (Fsp3) is 0.714. The molecule has 0 amide bonds. The van der Waals surface area contributed by atoms with Crippen molar-refractivity contribution >= 4 is 11.3 Å². The maximum Gasteiger partial charge on any atom is 0.0910 e. The largest absolute Gasteiger partial charge is 0.387 e. The Bertz CT molecular complexity index is 343. The fourth-order valence-electron chi connectivity index (χ4n) is 2.58. The van der Waals surface area contributed by atoms with Crippen LogP contribution in [0.15, 0.2) is 12.1 Å². The van der Waals surface area contributed by atoms with Crippen LogP contribution < -0.4 is 0 Å². The Labute approximate surface area is 103 Å². The fourth-order valence-corrected chi connectivity index (χ4v) is 3.54. The second-order valence-electron chi connectivity index (χ2n) is 5.89. The maximum absolute atomic E-state index is 10.3. The van der Waals surface area contributed by atoms with Gasteiger partial charge in [0.15, 0.2) is 0 Å². The van der Waals surface area contributed by atoms with Crippen LogP contribution in [0.5, 0.6) is 0 Å². The molecule has 1 saturated carbocycles. The van der Waals surface area contributed by atoms with Gasteiger partial charge < -0.3 is 5.11 Å². The van der Waals surface area contributed by atoms with Gasteiger partial charge >= 0.3 is 0 Å². The highest BCUT2D eigenvalue weighted by Gasteiger charge is 2.31. The number of thiophene rings is 1. The number of rotatable bonds is 2. The third-order valence-electron chi connectivity index (χ3n) is 3.88. The van der Waals surface area contributed by atoms with Gasteiger partial charge in [-0.2, -0.15) is 0 Å². The van der Waals surface area contributed by atoms with Crippen molar-refractivity contribution in [3.8, 4) is 0 Å². The average molecular weight is 238 g/mol. The zero-order valence-corrected chi connectivity index (χ0v) is 11.3. The molecule has 0 bridgehead atoms. The molecular formula is C14H22OS. The van der Waals surface area contributed by atoms with E-state index in [0.29, 0.717) is 11.3 Å². The smallest absolute Gasteiger partial charge is 0.0910 e. The lowest BCUT2D eigenvalue weighted by Gasteiger charge is -2.36. The molecule has 0 spiro atoms. The van der Waals surface area contributed by atoms with E-state index < -0.39 is 0 Å². The van der Waals surface area contributed by atoms with Gasteiger partial charge in [0.05, 0.1) is 6.10 Å². The van der Waals surface area contributed by atoms with Crippen molar-refractivity contribution in [1.82, 2.24) is 0 Å². The van der Waals surface area contributed by atoms with E-state index in [4.69, 9.17) is 0 Å². The minimum atomic E-state index is -0.227. The second-order valence-corrected chi connectivity index (χ2v) is 7.21. The van der Waals surface area contributed by atoms with Crippen molar-refractivity contribution in [3.05, 3.63) is 21.9 Å². The van der Waals surface area contributed by atoms with Gasteiger partial charge in [-0.15, -0.1) is 11.3 Å². The van der Waals surface area contributed by atoms with E-state index in [-0.39, 0.29) is 6.10 Å². The topological polar surface area (TPSA) is 20.2 Å². The Hall–Kier alpha value is -0.340. The molecule has 1 fully saturated rings. The lowest BCUT2D eigenvalue weighted by Crippen LogP contribution is -2.24. The van der Waals surface area contributed by atoms with Crippen LogP contribution in [-0.4, -0.2) is 5.11 Å². The van der Waals surface area contributed by atoms with Gasteiger partial charge in [0.1, 0.15) is 0 Å². The predicted molar refractivity (Wildman–Crippen MR) is 69.8 cm³/mol. The summed E-state index contributed by atoms with van der Waals surface area (Å²) in [5.41, 5.74) is 0.488. The zero-order chi connectivity index (χ0) is 11.8. The summed E-state index contributed by atoms with van der Waals surface area (Å²) in [4.78, 5) is 2.45. The highest BCUT2D eigenvalue weighted by Crippen LogP contribution is 2.43. The van der Waals surface area contributed by atoms with Gasteiger partial charge in [-0.1, -0.05) is 13.8 Å². The van der Waals surface area contributed by atoms with Gasteiger partial charge in [-0.25, -0.2) is 0 Å². The molecule has 2 heteroatoms. The highest BCUT2D eigenvalue weighted by molar-refractivity contribution is 7.12. The second kappa shape index (κ2) is 4.50. The molecule has 1 aromatic rings. The Morgan fingerprint density at radius 2 is 1.94 bits per heavy atom. The van der Waals surface area contributed by atoms with E-state index in [1.54, 1.807) is 11.3 Å².